The summed E-state index contributed by atoms with van der Waals surface area (Å²) in [7, 11) is 1.57. The summed E-state index contributed by atoms with van der Waals surface area (Å²) in [6, 6.07) is 13.1. The average molecular weight is 348 g/mol. The first-order chi connectivity index (χ1) is 11.2. The standard InChI is InChI=1S/C18H15Cl2NO2/c1-23-18-13(8-9-22)17(12-4-2-3-5-15(12)20)14-10-11(19)6-7-16(14)21-18/h2-7,10,22H,8-9H2,1H3. The molecule has 0 fully saturated rings. The first-order valence-electron chi connectivity index (χ1n) is 7.17. The second-order valence-corrected chi connectivity index (χ2v) is 5.93. The lowest BCUT2D eigenvalue weighted by molar-refractivity contribution is 0.296. The van der Waals surface area contributed by atoms with Crippen LogP contribution in [0.4, 0.5) is 0 Å². The van der Waals surface area contributed by atoms with E-state index in [1.54, 1.807) is 13.2 Å². The fourth-order valence-corrected chi connectivity index (χ4v) is 3.14. The number of aliphatic hydroxyl groups is 1. The van der Waals surface area contributed by atoms with Gasteiger partial charge in [-0.25, -0.2) is 4.98 Å². The first kappa shape index (κ1) is 16.1. The zero-order valence-corrected chi connectivity index (χ0v) is 14.0. The predicted molar refractivity (Wildman–Crippen MR) is 94.5 cm³/mol. The summed E-state index contributed by atoms with van der Waals surface area (Å²) in [6.07, 6.45) is 0.416. The van der Waals surface area contributed by atoms with Crippen molar-refractivity contribution in [3.05, 3.63) is 58.1 Å². The van der Waals surface area contributed by atoms with E-state index in [9.17, 15) is 5.11 Å². The Morgan fingerprint density at radius 2 is 1.91 bits per heavy atom. The van der Waals surface area contributed by atoms with Crippen LogP contribution in [0.15, 0.2) is 42.5 Å². The van der Waals surface area contributed by atoms with Gasteiger partial charge in [0, 0.05) is 45.1 Å². The molecule has 0 saturated heterocycles. The van der Waals surface area contributed by atoms with Crippen LogP contribution in [0.5, 0.6) is 5.88 Å². The minimum atomic E-state index is -0.0123. The molecule has 3 aromatic rings. The molecule has 1 aromatic heterocycles. The highest BCUT2D eigenvalue weighted by Crippen LogP contribution is 2.40. The number of aromatic nitrogens is 1. The van der Waals surface area contributed by atoms with E-state index in [1.807, 2.05) is 36.4 Å². The highest BCUT2D eigenvalue weighted by molar-refractivity contribution is 6.34. The molecule has 0 bridgehead atoms. The van der Waals surface area contributed by atoms with Gasteiger partial charge in [-0.05, 0) is 24.3 Å². The van der Waals surface area contributed by atoms with Gasteiger partial charge >= 0.3 is 0 Å². The molecule has 0 unspecified atom stereocenters. The smallest absolute Gasteiger partial charge is 0.217 e. The van der Waals surface area contributed by atoms with Crippen LogP contribution >= 0.6 is 23.2 Å². The summed E-state index contributed by atoms with van der Waals surface area (Å²) in [5.41, 5.74) is 3.35. The maximum atomic E-state index is 9.46. The van der Waals surface area contributed by atoms with E-state index in [-0.39, 0.29) is 6.61 Å². The zero-order chi connectivity index (χ0) is 16.4. The van der Waals surface area contributed by atoms with Crippen LogP contribution in [0.25, 0.3) is 22.0 Å². The minimum Gasteiger partial charge on any atom is -0.481 e. The zero-order valence-electron chi connectivity index (χ0n) is 12.5. The second-order valence-electron chi connectivity index (χ2n) is 5.09. The highest BCUT2D eigenvalue weighted by Gasteiger charge is 2.18. The Morgan fingerprint density at radius 3 is 2.61 bits per heavy atom. The molecule has 0 atom stereocenters. The number of hydrogen-bond acceptors (Lipinski definition) is 3. The van der Waals surface area contributed by atoms with Crippen molar-refractivity contribution in [3.8, 4) is 17.0 Å². The number of hydrogen-bond donors (Lipinski definition) is 1. The third kappa shape index (κ3) is 3.00. The average Bonchev–Trinajstić information content (AvgIpc) is 2.55. The van der Waals surface area contributed by atoms with E-state index < -0.39 is 0 Å². The molecule has 0 spiro atoms. The van der Waals surface area contributed by atoms with Gasteiger partial charge in [0.05, 0.1) is 12.6 Å². The maximum Gasteiger partial charge on any atom is 0.217 e. The van der Waals surface area contributed by atoms with Crippen molar-refractivity contribution >= 4 is 34.1 Å². The highest BCUT2D eigenvalue weighted by atomic mass is 35.5. The lowest BCUT2D eigenvalue weighted by atomic mass is 9.94. The molecular weight excluding hydrogens is 333 g/mol. The molecular formula is C18H15Cl2NO2. The van der Waals surface area contributed by atoms with Gasteiger partial charge in [0.25, 0.3) is 0 Å². The molecule has 0 saturated carbocycles. The quantitative estimate of drug-likeness (QED) is 0.740. The molecule has 1 heterocycles. The van der Waals surface area contributed by atoms with Crippen molar-refractivity contribution in [1.82, 2.24) is 4.98 Å². The van der Waals surface area contributed by atoms with Gasteiger partial charge in [0.2, 0.25) is 5.88 Å². The van der Waals surface area contributed by atoms with Crippen LogP contribution in [-0.2, 0) is 6.42 Å². The number of fused-ring (bicyclic) bond motifs is 1. The third-order valence-electron chi connectivity index (χ3n) is 3.71. The van der Waals surface area contributed by atoms with Crippen LogP contribution in [-0.4, -0.2) is 23.8 Å². The predicted octanol–water partition coefficient (Wildman–Crippen LogP) is 4.75. The molecule has 0 aliphatic heterocycles. The van der Waals surface area contributed by atoms with Crippen LogP contribution in [0.3, 0.4) is 0 Å². The summed E-state index contributed by atoms with van der Waals surface area (Å²) in [4.78, 5) is 4.53. The van der Waals surface area contributed by atoms with Crippen LogP contribution < -0.4 is 4.74 Å². The lowest BCUT2D eigenvalue weighted by Gasteiger charge is -2.17. The normalized spacial score (nSPS) is 11.0. The maximum absolute atomic E-state index is 9.46. The molecule has 5 heteroatoms. The van der Waals surface area contributed by atoms with Gasteiger partial charge in [-0.1, -0.05) is 41.4 Å². The molecule has 0 aliphatic rings. The lowest BCUT2D eigenvalue weighted by Crippen LogP contribution is -2.03. The number of nitrogens with zero attached hydrogens (tertiary/aromatic N) is 1. The van der Waals surface area contributed by atoms with E-state index in [0.717, 1.165) is 27.6 Å². The van der Waals surface area contributed by atoms with Crippen LogP contribution in [0.1, 0.15) is 5.56 Å². The minimum absolute atomic E-state index is 0.0123. The van der Waals surface area contributed by atoms with Crippen molar-refractivity contribution < 1.29 is 9.84 Å². The van der Waals surface area contributed by atoms with E-state index >= 15 is 0 Å². The van der Waals surface area contributed by atoms with Crippen molar-refractivity contribution in [2.45, 2.75) is 6.42 Å². The Bertz CT molecular complexity index is 865. The molecule has 118 valence electrons. The number of methoxy groups -OCH3 is 1. The molecule has 1 N–H and O–H groups in total. The van der Waals surface area contributed by atoms with Gasteiger partial charge in [-0.3, -0.25) is 0 Å². The number of pyridine rings is 1. The van der Waals surface area contributed by atoms with E-state index in [2.05, 4.69) is 4.98 Å². The largest absolute Gasteiger partial charge is 0.481 e. The SMILES string of the molecule is COc1nc2ccc(Cl)cc2c(-c2ccccc2Cl)c1CCO. The Kier molecular flexibility index (Phi) is 4.71. The third-order valence-corrected chi connectivity index (χ3v) is 4.27. The van der Waals surface area contributed by atoms with Crippen LogP contribution in [0.2, 0.25) is 10.0 Å². The first-order valence-corrected chi connectivity index (χ1v) is 7.93. The summed E-state index contributed by atoms with van der Waals surface area (Å²) < 4.78 is 5.44. The van der Waals surface area contributed by atoms with Crippen molar-refractivity contribution in [2.75, 3.05) is 13.7 Å². The Morgan fingerprint density at radius 1 is 1.13 bits per heavy atom. The number of halogens is 2. The van der Waals surface area contributed by atoms with E-state index in [4.69, 9.17) is 27.9 Å². The number of ether oxygens (including phenoxy) is 1. The van der Waals surface area contributed by atoms with Crippen molar-refractivity contribution in [3.63, 3.8) is 0 Å². The Balaban J connectivity index is 2.46. The van der Waals surface area contributed by atoms with Gasteiger partial charge in [0.15, 0.2) is 0 Å². The summed E-state index contributed by atoms with van der Waals surface area (Å²) in [5, 5.41) is 11.6. The molecule has 0 radical (unpaired) electrons. The fraction of sp³-hybridized carbons (Fsp3) is 0.167. The summed E-state index contributed by atoms with van der Waals surface area (Å²) in [5.74, 6) is 0.490. The monoisotopic (exact) mass is 347 g/mol. The molecule has 0 aliphatic carbocycles. The van der Waals surface area contributed by atoms with Crippen molar-refractivity contribution in [1.29, 1.82) is 0 Å². The molecule has 2 aromatic carbocycles. The topological polar surface area (TPSA) is 42.4 Å². The fourth-order valence-electron chi connectivity index (χ4n) is 2.74. The number of benzene rings is 2. The van der Waals surface area contributed by atoms with E-state index in [1.165, 1.54) is 0 Å². The Labute approximate surface area is 144 Å². The van der Waals surface area contributed by atoms with Crippen LogP contribution in [0, 0.1) is 0 Å². The van der Waals surface area contributed by atoms with Gasteiger partial charge < -0.3 is 9.84 Å². The van der Waals surface area contributed by atoms with E-state index in [0.29, 0.717) is 22.3 Å². The molecule has 23 heavy (non-hydrogen) atoms. The van der Waals surface area contributed by atoms with Gasteiger partial charge in [-0.15, -0.1) is 0 Å². The second kappa shape index (κ2) is 6.75. The molecule has 3 rings (SSSR count). The summed E-state index contributed by atoms with van der Waals surface area (Å²) >= 11 is 12.6. The Hall–Kier alpha value is -1.81. The summed E-state index contributed by atoms with van der Waals surface area (Å²) in [6.45, 7) is -0.0123. The van der Waals surface area contributed by atoms with Crippen molar-refractivity contribution in [2.24, 2.45) is 0 Å². The molecule has 0 amide bonds. The molecule has 3 nitrogen and oxygen atoms in total. The number of rotatable bonds is 4. The van der Waals surface area contributed by atoms with Gasteiger partial charge in [0.1, 0.15) is 0 Å². The number of aliphatic hydroxyl groups excluding tert-OH is 1. The van der Waals surface area contributed by atoms with Gasteiger partial charge in [-0.2, -0.15) is 0 Å².